The molecular formula is C16H25ClN2O2. The number of carbonyl (C=O) groups is 1. The molecule has 0 bridgehead atoms. The highest BCUT2D eigenvalue weighted by Crippen LogP contribution is 2.19. The average molecular weight is 313 g/mol. The largest absolute Gasteiger partial charge is 0.493 e. The van der Waals surface area contributed by atoms with E-state index in [2.05, 4.69) is 16.7 Å². The molecule has 1 aromatic rings. The van der Waals surface area contributed by atoms with E-state index in [0.717, 1.165) is 37.2 Å². The van der Waals surface area contributed by atoms with Gasteiger partial charge in [0, 0.05) is 12.6 Å². The molecule has 0 saturated carbocycles. The summed E-state index contributed by atoms with van der Waals surface area (Å²) in [6, 6.07) is 6.39. The predicted molar refractivity (Wildman–Crippen MR) is 87.3 cm³/mol. The molecule has 1 saturated heterocycles. The van der Waals surface area contributed by atoms with Crippen molar-refractivity contribution >= 4 is 18.3 Å². The van der Waals surface area contributed by atoms with Crippen LogP contribution in [0.1, 0.15) is 30.4 Å². The third-order valence-electron chi connectivity index (χ3n) is 3.59. The lowest BCUT2D eigenvalue weighted by Crippen LogP contribution is -2.45. The molecule has 1 aromatic carbocycles. The van der Waals surface area contributed by atoms with Crippen LogP contribution in [0.3, 0.4) is 0 Å². The van der Waals surface area contributed by atoms with E-state index in [9.17, 15) is 4.79 Å². The van der Waals surface area contributed by atoms with Crippen molar-refractivity contribution in [1.29, 1.82) is 0 Å². The quantitative estimate of drug-likeness (QED) is 0.877. The van der Waals surface area contributed by atoms with E-state index in [4.69, 9.17) is 4.74 Å². The van der Waals surface area contributed by atoms with Crippen molar-refractivity contribution < 1.29 is 9.53 Å². The average Bonchev–Trinajstić information content (AvgIpc) is 2.44. The van der Waals surface area contributed by atoms with E-state index in [-0.39, 0.29) is 24.4 Å². The van der Waals surface area contributed by atoms with Crippen LogP contribution < -0.4 is 15.4 Å². The molecule has 1 aliphatic rings. The summed E-state index contributed by atoms with van der Waals surface area (Å²) >= 11 is 0. The Kier molecular flexibility index (Phi) is 7.54. The van der Waals surface area contributed by atoms with Crippen LogP contribution in [0.15, 0.2) is 18.2 Å². The van der Waals surface area contributed by atoms with Crippen LogP contribution in [0.2, 0.25) is 0 Å². The summed E-state index contributed by atoms with van der Waals surface area (Å²) in [5.74, 6) is 0.945. The summed E-state index contributed by atoms with van der Waals surface area (Å²) in [6.45, 7) is 6.42. The maximum absolute atomic E-state index is 11.8. The first-order chi connectivity index (χ1) is 9.65. The minimum atomic E-state index is 0. The Morgan fingerprint density at radius 3 is 2.95 bits per heavy atom. The lowest BCUT2D eigenvalue weighted by Gasteiger charge is -2.23. The monoisotopic (exact) mass is 312 g/mol. The van der Waals surface area contributed by atoms with Gasteiger partial charge in [0.15, 0.2) is 0 Å². The Bertz CT molecular complexity index is 460. The molecule has 2 rings (SSSR count). The van der Waals surface area contributed by atoms with Gasteiger partial charge in [-0.2, -0.15) is 0 Å². The smallest absolute Gasteiger partial charge is 0.223 e. The van der Waals surface area contributed by atoms with Gasteiger partial charge < -0.3 is 15.4 Å². The Balaban J connectivity index is 0.00000220. The Labute approximate surface area is 133 Å². The number of hydrogen-bond donors (Lipinski definition) is 2. The molecule has 118 valence electrons. The van der Waals surface area contributed by atoms with E-state index in [1.165, 1.54) is 5.56 Å². The molecular weight excluding hydrogens is 288 g/mol. The van der Waals surface area contributed by atoms with Gasteiger partial charge in [0.05, 0.1) is 13.0 Å². The minimum absolute atomic E-state index is 0. The van der Waals surface area contributed by atoms with Gasteiger partial charge in [0.25, 0.3) is 0 Å². The number of rotatable bonds is 5. The number of nitrogens with one attached hydrogen (secondary N) is 2. The van der Waals surface area contributed by atoms with Crippen LogP contribution in [-0.4, -0.2) is 31.6 Å². The highest BCUT2D eigenvalue weighted by Gasteiger charge is 2.15. The van der Waals surface area contributed by atoms with Gasteiger partial charge in [0.2, 0.25) is 5.91 Å². The Hall–Kier alpha value is -1.26. The van der Waals surface area contributed by atoms with E-state index in [0.29, 0.717) is 13.0 Å². The third-order valence-corrected chi connectivity index (χ3v) is 3.59. The lowest BCUT2D eigenvalue weighted by atomic mass is 10.1. The van der Waals surface area contributed by atoms with Crippen molar-refractivity contribution in [3.05, 3.63) is 29.3 Å². The molecule has 1 atom stereocenters. The second-order valence-corrected chi connectivity index (χ2v) is 5.48. The third kappa shape index (κ3) is 5.94. The van der Waals surface area contributed by atoms with Gasteiger partial charge >= 0.3 is 0 Å². The van der Waals surface area contributed by atoms with Crippen molar-refractivity contribution in [3.8, 4) is 5.75 Å². The van der Waals surface area contributed by atoms with Crippen LogP contribution in [0.4, 0.5) is 0 Å². The van der Waals surface area contributed by atoms with Gasteiger partial charge in [-0.3, -0.25) is 4.79 Å². The summed E-state index contributed by atoms with van der Waals surface area (Å²) in [5.41, 5.74) is 2.27. The number of ether oxygens (including phenoxy) is 1. The van der Waals surface area contributed by atoms with Crippen LogP contribution >= 0.6 is 12.4 Å². The molecule has 0 aromatic heterocycles. The van der Waals surface area contributed by atoms with Crippen LogP contribution in [-0.2, 0) is 4.79 Å². The van der Waals surface area contributed by atoms with Crippen molar-refractivity contribution in [2.24, 2.45) is 0 Å². The molecule has 0 spiro atoms. The zero-order chi connectivity index (χ0) is 14.4. The highest BCUT2D eigenvalue weighted by molar-refractivity contribution is 5.85. The minimum Gasteiger partial charge on any atom is -0.493 e. The predicted octanol–water partition coefficient (Wildman–Crippen LogP) is 2.36. The number of carbonyl (C=O) groups excluding carboxylic acids is 1. The molecule has 1 fully saturated rings. The topological polar surface area (TPSA) is 50.4 Å². The fourth-order valence-corrected chi connectivity index (χ4v) is 2.39. The van der Waals surface area contributed by atoms with Crippen molar-refractivity contribution in [2.75, 3.05) is 19.7 Å². The first-order valence-electron chi connectivity index (χ1n) is 7.35. The summed E-state index contributed by atoms with van der Waals surface area (Å²) in [5, 5.41) is 6.34. The molecule has 1 heterocycles. The van der Waals surface area contributed by atoms with E-state index < -0.39 is 0 Å². The lowest BCUT2D eigenvalue weighted by molar-refractivity contribution is -0.122. The number of piperidine rings is 1. The molecule has 0 radical (unpaired) electrons. The molecule has 1 aliphatic heterocycles. The Morgan fingerprint density at radius 2 is 2.24 bits per heavy atom. The second-order valence-electron chi connectivity index (χ2n) is 5.48. The van der Waals surface area contributed by atoms with Gasteiger partial charge in [-0.05, 0) is 50.4 Å². The molecule has 21 heavy (non-hydrogen) atoms. The van der Waals surface area contributed by atoms with Crippen molar-refractivity contribution in [2.45, 2.75) is 39.2 Å². The fourth-order valence-electron chi connectivity index (χ4n) is 2.39. The van der Waals surface area contributed by atoms with Gasteiger partial charge in [-0.15, -0.1) is 12.4 Å². The Morgan fingerprint density at radius 1 is 1.43 bits per heavy atom. The molecule has 1 amide bonds. The maximum atomic E-state index is 11.8. The van der Waals surface area contributed by atoms with Crippen LogP contribution in [0.5, 0.6) is 5.75 Å². The zero-order valence-corrected chi connectivity index (χ0v) is 13.6. The van der Waals surface area contributed by atoms with Crippen LogP contribution in [0, 0.1) is 13.8 Å². The maximum Gasteiger partial charge on any atom is 0.223 e. The fraction of sp³-hybridized carbons (Fsp3) is 0.562. The standard InChI is InChI=1S/C16H24N2O2.ClH/c1-12-5-6-13(2)15(10-12)20-9-7-16(19)18-14-4-3-8-17-11-14;/h5-6,10,14,17H,3-4,7-9,11H2,1-2H3,(H,18,19);1H/t14-;/m0./s1. The first kappa shape index (κ1) is 17.8. The summed E-state index contributed by atoms with van der Waals surface area (Å²) < 4.78 is 5.70. The first-order valence-corrected chi connectivity index (χ1v) is 7.35. The number of halogens is 1. The summed E-state index contributed by atoms with van der Waals surface area (Å²) in [7, 11) is 0. The van der Waals surface area contributed by atoms with E-state index >= 15 is 0 Å². The number of hydrogen-bond acceptors (Lipinski definition) is 3. The van der Waals surface area contributed by atoms with Crippen molar-refractivity contribution in [1.82, 2.24) is 10.6 Å². The van der Waals surface area contributed by atoms with Gasteiger partial charge in [-0.25, -0.2) is 0 Å². The molecule has 2 N–H and O–H groups in total. The molecule has 4 nitrogen and oxygen atoms in total. The summed E-state index contributed by atoms with van der Waals surface area (Å²) in [6.07, 6.45) is 2.60. The van der Waals surface area contributed by atoms with Crippen molar-refractivity contribution in [3.63, 3.8) is 0 Å². The van der Waals surface area contributed by atoms with Crippen LogP contribution in [0.25, 0.3) is 0 Å². The number of amides is 1. The van der Waals surface area contributed by atoms with E-state index in [1.54, 1.807) is 0 Å². The highest BCUT2D eigenvalue weighted by atomic mass is 35.5. The summed E-state index contributed by atoms with van der Waals surface area (Å²) in [4.78, 5) is 11.8. The molecule has 5 heteroatoms. The number of aryl methyl sites for hydroxylation is 2. The molecule has 0 aliphatic carbocycles. The number of benzene rings is 1. The zero-order valence-electron chi connectivity index (χ0n) is 12.8. The second kappa shape index (κ2) is 8.90. The van der Waals surface area contributed by atoms with Gasteiger partial charge in [-0.1, -0.05) is 12.1 Å². The molecule has 0 unspecified atom stereocenters. The van der Waals surface area contributed by atoms with Gasteiger partial charge in [0.1, 0.15) is 5.75 Å². The van der Waals surface area contributed by atoms with E-state index in [1.807, 2.05) is 26.0 Å². The SMILES string of the molecule is Cc1ccc(C)c(OCCC(=O)N[C@H]2CCCNC2)c1.Cl. The normalized spacial score (nSPS) is 17.7.